The zero-order valence-corrected chi connectivity index (χ0v) is 12.2. The maximum Gasteiger partial charge on any atom is 0.308 e. The van der Waals surface area contributed by atoms with Crippen LogP contribution in [0.15, 0.2) is 18.2 Å². The second-order valence-corrected chi connectivity index (χ2v) is 4.85. The molecule has 0 aliphatic rings. The Kier molecular flexibility index (Phi) is 6.65. The third-order valence-corrected chi connectivity index (χ3v) is 2.98. The first-order chi connectivity index (χ1) is 9.93. The quantitative estimate of drug-likeness (QED) is 0.770. The van der Waals surface area contributed by atoms with Crippen molar-refractivity contribution >= 4 is 11.9 Å². The number of hydrogen-bond acceptors (Lipinski definition) is 3. The molecule has 21 heavy (non-hydrogen) atoms. The molecule has 1 amide bonds. The van der Waals surface area contributed by atoms with Gasteiger partial charge in [-0.25, -0.2) is 4.39 Å². The summed E-state index contributed by atoms with van der Waals surface area (Å²) in [5, 5.41) is 11.4. The Labute approximate surface area is 123 Å². The molecule has 0 aliphatic carbocycles. The highest BCUT2D eigenvalue weighted by molar-refractivity contribution is 5.78. The van der Waals surface area contributed by atoms with Crippen LogP contribution in [0.1, 0.15) is 25.3 Å². The van der Waals surface area contributed by atoms with Gasteiger partial charge in [-0.15, -0.1) is 0 Å². The van der Waals surface area contributed by atoms with Crippen LogP contribution in [-0.2, 0) is 9.59 Å². The zero-order chi connectivity index (χ0) is 15.8. The lowest BCUT2D eigenvalue weighted by molar-refractivity contribution is -0.142. The van der Waals surface area contributed by atoms with Gasteiger partial charge in [-0.1, -0.05) is 19.4 Å². The third kappa shape index (κ3) is 5.81. The van der Waals surface area contributed by atoms with Gasteiger partial charge < -0.3 is 15.2 Å². The van der Waals surface area contributed by atoms with Gasteiger partial charge in [0.25, 0.3) is 5.91 Å². The Bertz CT molecular complexity index is 504. The lowest BCUT2D eigenvalue weighted by Gasteiger charge is -2.13. The first kappa shape index (κ1) is 16.9. The first-order valence-electron chi connectivity index (χ1n) is 6.82. The van der Waals surface area contributed by atoms with Crippen molar-refractivity contribution in [3.63, 3.8) is 0 Å². The van der Waals surface area contributed by atoms with E-state index < -0.39 is 23.6 Å². The summed E-state index contributed by atoms with van der Waals surface area (Å²) in [7, 11) is 0. The summed E-state index contributed by atoms with van der Waals surface area (Å²) < 4.78 is 18.5. The Morgan fingerprint density at radius 1 is 1.43 bits per heavy atom. The van der Waals surface area contributed by atoms with Gasteiger partial charge in [0.1, 0.15) is 0 Å². The van der Waals surface area contributed by atoms with Crippen molar-refractivity contribution < 1.29 is 23.8 Å². The summed E-state index contributed by atoms with van der Waals surface area (Å²) in [5.74, 6) is -2.56. The molecule has 1 aromatic rings. The van der Waals surface area contributed by atoms with Gasteiger partial charge >= 0.3 is 5.97 Å². The van der Waals surface area contributed by atoms with Crippen LogP contribution in [0, 0.1) is 18.7 Å². The molecule has 1 atom stereocenters. The molecule has 5 nitrogen and oxygen atoms in total. The minimum Gasteiger partial charge on any atom is -0.481 e. The fraction of sp³-hybridized carbons (Fsp3) is 0.467. The Hall–Kier alpha value is -2.11. The number of carbonyl (C=O) groups excluding carboxylic acids is 1. The molecule has 0 saturated heterocycles. The Balaban J connectivity index is 2.43. The van der Waals surface area contributed by atoms with Gasteiger partial charge in [-0.3, -0.25) is 9.59 Å². The van der Waals surface area contributed by atoms with E-state index in [0.29, 0.717) is 6.42 Å². The average molecular weight is 297 g/mol. The number of hydrogen-bond donors (Lipinski definition) is 2. The van der Waals surface area contributed by atoms with E-state index in [0.717, 1.165) is 12.0 Å². The van der Waals surface area contributed by atoms with Gasteiger partial charge in [0, 0.05) is 6.54 Å². The van der Waals surface area contributed by atoms with E-state index >= 15 is 0 Å². The maximum absolute atomic E-state index is 13.4. The van der Waals surface area contributed by atoms with Crippen molar-refractivity contribution in [3.05, 3.63) is 29.6 Å². The summed E-state index contributed by atoms with van der Waals surface area (Å²) >= 11 is 0. The van der Waals surface area contributed by atoms with Gasteiger partial charge in [0.05, 0.1) is 5.92 Å². The number of amides is 1. The topological polar surface area (TPSA) is 75.6 Å². The SMILES string of the molecule is CCCC(CNC(=O)COc1cc(C)ccc1F)C(=O)O. The molecule has 2 N–H and O–H groups in total. The standard InChI is InChI=1S/C15H20FNO4/c1-3-4-11(15(19)20)8-17-14(18)9-21-13-7-10(2)5-6-12(13)16/h5-7,11H,3-4,8-9H2,1-2H3,(H,17,18)(H,19,20). The van der Waals surface area contributed by atoms with Crippen LogP contribution in [0.3, 0.4) is 0 Å². The van der Waals surface area contributed by atoms with E-state index in [1.54, 1.807) is 13.0 Å². The van der Waals surface area contributed by atoms with Gasteiger partial charge in [0.15, 0.2) is 18.2 Å². The molecule has 0 spiro atoms. The second-order valence-electron chi connectivity index (χ2n) is 4.85. The van der Waals surface area contributed by atoms with Crippen molar-refractivity contribution in [1.82, 2.24) is 5.32 Å². The van der Waals surface area contributed by atoms with Gasteiger partial charge in [0.2, 0.25) is 0 Å². The number of carboxylic acid groups (broad SMARTS) is 1. The van der Waals surface area contributed by atoms with Crippen LogP contribution < -0.4 is 10.1 Å². The number of rotatable bonds is 8. The fourth-order valence-corrected chi connectivity index (χ4v) is 1.81. The molecule has 1 rings (SSSR count). The number of nitrogens with one attached hydrogen (secondary N) is 1. The lowest BCUT2D eigenvalue weighted by atomic mass is 10.0. The molecule has 0 saturated carbocycles. The molecule has 0 fully saturated rings. The van der Waals surface area contributed by atoms with Crippen molar-refractivity contribution in [2.75, 3.05) is 13.2 Å². The smallest absolute Gasteiger partial charge is 0.308 e. The average Bonchev–Trinajstić information content (AvgIpc) is 2.44. The molecule has 0 bridgehead atoms. The van der Waals surface area contributed by atoms with E-state index in [4.69, 9.17) is 9.84 Å². The molecule has 116 valence electrons. The Morgan fingerprint density at radius 3 is 2.76 bits per heavy atom. The molecule has 1 aromatic carbocycles. The molecular weight excluding hydrogens is 277 g/mol. The van der Waals surface area contributed by atoms with E-state index in [9.17, 15) is 14.0 Å². The minimum absolute atomic E-state index is 0.00786. The summed E-state index contributed by atoms with van der Waals surface area (Å²) in [6, 6.07) is 4.37. The number of benzene rings is 1. The molecule has 1 unspecified atom stereocenters. The summed E-state index contributed by atoms with van der Waals surface area (Å²) in [6.45, 7) is 3.36. The third-order valence-electron chi connectivity index (χ3n) is 2.98. The van der Waals surface area contributed by atoms with E-state index in [1.165, 1.54) is 12.1 Å². The minimum atomic E-state index is -0.942. The van der Waals surface area contributed by atoms with Crippen molar-refractivity contribution in [2.45, 2.75) is 26.7 Å². The molecular formula is C15H20FNO4. The van der Waals surface area contributed by atoms with Gasteiger partial charge in [-0.05, 0) is 31.0 Å². The van der Waals surface area contributed by atoms with E-state index in [-0.39, 0.29) is 18.9 Å². The molecule has 0 heterocycles. The number of carboxylic acids is 1. The van der Waals surface area contributed by atoms with Crippen molar-refractivity contribution in [3.8, 4) is 5.75 Å². The monoisotopic (exact) mass is 297 g/mol. The summed E-state index contributed by atoms with van der Waals surface area (Å²) in [5.41, 5.74) is 0.820. The number of carbonyl (C=O) groups is 2. The largest absolute Gasteiger partial charge is 0.481 e. The maximum atomic E-state index is 13.4. The number of aryl methyl sites for hydroxylation is 1. The highest BCUT2D eigenvalue weighted by Gasteiger charge is 2.17. The van der Waals surface area contributed by atoms with Gasteiger partial charge in [-0.2, -0.15) is 0 Å². The highest BCUT2D eigenvalue weighted by atomic mass is 19.1. The van der Waals surface area contributed by atoms with Crippen LogP contribution in [0.5, 0.6) is 5.75 Å². The predicted octanol–water partition coefficient (Wildman–Crippen LogP) is 2.13. The van der Waals surface area contributed by atoms with Crippen LogP contribution in [0.4, 0.5) is 4.39 Å². The fourth-order valence-electron chi connectivity index (χ4n) is 1.81. The summed E-state index contributed by atoms with van der Waals surface area (Å²) in [4.78, 5) is 22.5. The summed E-state index contributed by atoms with van der Waals surface area (Å²) in [6.07, 6.45) is 1.21. The molecule has 6 heteroatoms. The van der Waals surface area contributed by atoms with E-state index in [2.05, 4.69) is 5.32 Å². The van der Waals surface area contributed by atoms with Crippen molar-refractivity contribution in [1.29, 1.82) is 0 Å². The second kappa shape index (κ2) is 8.24. The highest BCUT2D eigenvalue weighted by Crippen LogP contribution is 2.18. The molecule has 0 radical (unpaired) electrons. The van der Waals surface area contributed by atoms with Crippen LogP contribution in [0.25, 0.3) is 0 Å². The molecule has 0 aliphatic heterocycles. The first-order valence-corrected chi connectivity index (χ1v) is 6.82. The van der Waals surface area contributed by atoms with Crippen molar-refractivity contribution in [2.24, 2.45) is 5.92 Å². The Morgan fingerprint density at radius 2 is 2.14 bits per heavy atom. The predicted molar refractivity (Wildman–Crippen MR) is 75.7 cm³/mol. The van der Waals surface area contributed by atoms with Crippen LogP contribution in [0.2, 0.25) is 0 Å². The molecule has 0 aromatic heterocycles. The zero-order valence-electron chi connectivity index (χ0n) is 12.2. The normalized spacial score (nSPS) is 11.8. The number of halogens is 1. The lowest BCUT2D eigenvalue weighted by Crippen LogP contribution is -2.35. The number of ether oxygens (including phenoxy) is 1. The van der Waals surface area contributed by atoms with Crippen LogP contribution >= 0.6 is 0 Å². The van der Waals surface area contributed by atoms with E-state index in [1.807, 2.05) is 6.92 Å². The number of aliphatic carboxylic acids is 1. The van der Waals surface area contributed by atoms with Crippen LogP contribution in [-0.4, -0.2) is 30.1 Å².